The summed E-state index contributed by atoms with van der Waals surface area (Å²) < 4.78 is 0. The van der Waals surface area contributed by atoms with Crippen molar-refractivity contribution in [2.75, 3.05) is 43.6 Å². The molecule has 0 radical (unpaired) electrons. The first kappa shape index (κ1) is 13.0. The van der Waals surface area contributed by atoms with E-state index in [-0.39, 0.29) is 0 Å². The Hall–Kier alpha value is -1.40. The van der Waals surface area contributed by atoms with Gasteiger partial charge in [0.05, 0.1) is 5.69 Å². The maximum absolute atomic E-state index is 5.53. The van der Waals surface area contributed by atoms with Crippen molar-refractivity contribution in [1.29, 1.82) is 0 Å². The first-order chi connectivity index (χ1) is 8.65. The van der Waals surface area contributed by atoms with Crippen LogP contribution in [0, 0.1) is 6.92 Å². The van der Waals surface area contributed by atoms with Gasteiger partial charge in [-0.1, -0.05) is 6.92 Å². The summed E-state index contributed by atoms with van der Waals surface area (Å²) in [4.78, 5) is 13.7. The van der Waals surface area contributed by atoms with Gasteiger partial charge in [0.15, 0.2) is 0 Å². The minimum atomic E-state index is 0.732. The van der Waals surface area contributed by atoms with Gasteiger partial charge in [-0.05, 0) is 20.4 Å². The highest BCUT2D eigenvalue weighted by Crippen LogP contribution is 2.20. The summed E-state index contributed by atoms with van der Waals surface area (Å²) in [5.74, 6) is 7.05. The van der Waals surface area contributed by atoms with Crippen LogP contribution in [0.5, 0.6) is 0 Å². The van der Waals surface area contributed by atoms with Gasteiger partial charge in [-0.15, -0.1) is 0 Å². The molecule has 0 aromatic carbocycles. The topological polar surface area (TPSA) is 70.3 Å². The number of rotatable bonds is 3. The maximum Gasteiger partial charge on any atom is 0.227 e. The van der Waals surface area contributed by atoms with Gasteiger partial charge in [0.2, 0.25) is 5.95 Å². The van der Waals surface area contributed by atoms with Gasteiger partial charge in [-0.2, -0.15) is 4.98 Å². The lowest BCUT2D eigenvalue weighted by molar-refractivity contribution is 0.311. The molecule has 1 aromatic heterocycles. The summed E-state index contributed by atoms with van der Waals surface area (Å²) in [6, 6.07) is 0. The van der Waals surface area contributed by atoms with E-state index >= 15 is 0 Å². The Morgan fingerprint density at radius 3 is 2.44 bits per heavy atom. The summed E-state index contributed by atoms with van der Waals surface area (Å²) in [5.41, 5.74) is 4.77. The van der Waals surface area contributed by atoms with Crippen LogP contribution in [0.4, 0.5) is 11.8 Å². The first-order valence-electron chi connectivity index (χ1n) is 6.43. The van der Waals surface area contributed by atoms with E-state index in [0.717, 1.165) is 55.6 Å². The third kappa shape index (κ3) is 2.54. The summed E-state index contributed by atoms with van der Waals surface area (Å²) in [5, 5.41) is 0. The lowest BCUT2D eigenvalue weighted by atomic mass is 10.2. The second-order valence-electron chi connectivity index (χ2n) is 4.73. The summed E-state index contributed by atoms with van der Waals surface area (Å²) >= 11 is 0. The summed E-state index contributed by atoms with van der Waals surface area (Å²) in [6.07, 6.45) is 0.893. The molecule has 2 heterocycles. The molecule has 18 heavy (non-hydrogen) atoms. The number of hydrazine groups is 1. The Balaban J connectivity index is 2.27. The zero-order chi connectivity index (χ0) is 13.1. The molecule has 1 aromatic rings. The molecule has 0 unspecified atom stereocenters. The number of hydrogen-bond donors (Lipinski definition) is 2. The van der Waals surface area contributed by atoms with Crippen LogP contribution in [0.1, 0.15) is 18.2 Å². The lowest BCUT2D eigenvalue weighted by Gasteiger charge is -2.32. The van der Waals surface area contributed by atoms with Crippen LogP contribution in [0.2, 0.25) is 0 Å². The van der Waals surface area contributed by atoms with Crippen molar-refractivity contribution >= 4 is 11.8 Å². The van der Waals surface area contributed by atoms with Gasteiger partial charge in [0.25, 0.3) is 0 Å². The van der Waals surface area contributed by atoms with Gasteiger partial charge in [0.1, 0.15) is 5.82 Å². The largest absolute Gasteiger partial charge is 0.338 e. The Bertz CT molecular complexity index is 386. The first-order valence-corrected chi connectivity index (χ1v) is 6.43. The number of aryl methyl sites for hydroxylation is 1. The van der Waals surface area contributed by atoms with E-state index in [1.165, 1.54) is 0 Å². The van der Waals surface area contributed by atoms with E-state index in [1.807, 2.05) is 6.92 Å². The number of nitrogen functional groups attached to an aromatic ring is 1. The van der Waals surface area contributed by atoms with E-state index in [1.54, 1.807) is 0 Å². The Labute approximate surface area is 108 Å². The van der Waals surface area contributed by atoms with E-state index in [2.05, 4.69) is 39.2 Å². The molecule has 100 valence electrons. The highest BCUT2D eigenvalue weighted by atomic mass is 15.3. The van der Waals surface area contributed by atoms with E-state index < -0.39 is 0 Å². The average Bonchev–Trinajstić information content (AvgIpc) is 2.40. The average molecular weight is 250 g/mol. The fourth-order valence-corrected chi connectivity index (χ4v) is 2.18. The number of likely N-dealkylation sites (N-methyl/N-ethyl adjacent to an activating group) is 1. The minimum absolute atomic E-state index is 0.732. The molecule has 0 aliphatic carbocycles. The number of hydrogen-bond acceptors (Lipinski definition) is 6. The highest BCUT2D eigenvalue weighted by molar-refractivity contribution is 5.50. The zero-order valence-corrected chi connectivity index (χ0v) is 11.4. The van der Waals surface area contributed by atoms with Crippen LogP contribution >= 0.6 is 0 Å². The molecule has 6 nitrogen and oxygen atoms in total. The normalized spacial score (nSPS) is 17.0. The Kier molecular flexibility index (Phi) is 3.98. The molecular weight excluding hydrogens is 228 g/mol. The van der Waals surface area contributed by atoms with Crippen LogP contribution in [-0.4, -0.2) is 48.1 Å². The highest BCUT2D eigenvalue weighted by Gasteiger charge is 2.18. The molecule has 2 rings (SSSR count). The lowest BCUT2D eigenvalue weighted by Crippen LogP contribution is -2.45. The molecule has 1 fully saturated rings. The van der Waals surface area contributed by atoms with E-state index in [0.29, 0.717) is 0 Å². The fraction of sp³-hybridized carbons (Fsp3) is 0.667. The van der Waals surface area contributed by atoms with Crippen LogP contribution in [0.15, 0.2) is 0 Å². The molecule has 6 heteroatoms. The number of nitrogens with zero attached hydrogens (tertiary/aromatic N) is 4. The third-order valence-electron chi connectivity index (χ3n) is 3.49. The number of nitrogens with two attached hydrogens (primary N) is 1. The second kappa shape index (κ2) is 5.49. The Morgan fingerprint density at radius 2 is 1.89 bits per heavy atom. The minimum Gasteiger partial charge on any atom is -0.338 e. The zero-order valence-electron chi connectivity index (χ0n) is 11.4. The van der Waals surface area contributed by atoms with Gasteiger partial charge in [-0.3, -0.25) is 0 Å². The van der Waals surface area contributed by atoms with Crippen molar-refractivity contribution < 1.29 is 0 Å². The van der Waals surface area contributed by atoms with Crippen LogP contribution in [0.25, 0.3) is 0 Å². The molecule has 3 N–H and O–H groups in total. The van der Waals surface area contributed by atoms with E-state index in [9.17, 15) is 0 Å². The standard InChI is InChI=1S/C12H22N6/c1-4-10-9(2)11(16-13)15-12(14-10)18-7-5-17(3)6-8-18/h4-8,13H2,1-3H3,(H,14,15,16). The molecule has 0 bridgehead atoms. The number of piperazine rings is 1. The molecule has 0 spiro atoms. The van der Waals surface area contributed by atoms with E-state index in [4.69, 9.17) is 5.84 Å². The summed E-state index contributed by atoms with van der Waals surface area (Å²) in [6.45, 7) is 8.12. The molecule has 1 saturated heterocycles. The summed E-state index contributed by atoms with van der Waals surface area (Å²) in [7, 11) is 2.14. The van der Waals surface area contributed by atoms with Crippen molar-refractivity contribution in [1.82, 2.24) is 14.9 Å². The fourth-order valence-electron chi connectivity index (χ4n) is 2.18. The van der Waals surface area contributed by atoms with Crippen molar-refractivity contribution in [2.24, 2.45) is 5.84 Å². The molecule has 1 aliphatic heterocycles. The van der Waals surface area contributed by atoms with Crippen molar-refractivity contribution in [3.8, 4) is 0 Å². The molecular formula is C12H22N6. The molecule has 1 aliphatic rings. The SMILES string of the molecule is CCc1nc(N2CCN(C)CC2)nc(NN)c1C. The maximum atomic E-state index is 5.53. The van der Waals surface area contributed by atoms with Gasteiger partial charge in [-0.25, -0.2) is 10.8 Å². The van der Waals surface area contributed by atoms with Crippen LogP contribution in [-0.2, 0) is 6.42 Å². The molecule has 0 atom stereocenters. The van der Waals surface area contributed by atoms with Crippen molar-refractivity contribution in [2.45, 2.75) is 20.3 Å². The number of nitrogens with one attached hydrogen (secondary N) is 1. The van der Waals surface area contributed by atoms with Crippen LogP contribution in [0.3, 0.4) is 0 Å². The van der Waals surface area contributed by atoms with Crippen molar-refractivity contribution in [3.05, 3.63) is 11.3 Å². The predicted molar refractivity (Wildman–Crippen MR) is 73.7 cm³/mol. The predicted octanol–water partition coefficient (Wildman–Crippen LogP) is 0.385. The quantitative estimate of drug-likeness (QED) is 0.597. The Morgan fingerprint density at radius 1 is 1.22 bits per heavy atom. The molecule has 0 saturated carbocycles. The number of aromatic nitrogens is 2. The second-order valence-corrected chi connectivity index (χ2v) is 4.73. The number of anilines is 2. The monoisotopic (exact) mass is 250 g/mol. The van der Waals surface area contributed by atoms with Gasteiger partial charge >= 0.3 is 0 Å². The van der Waals surface area contributed by atoms with Gasteiger partial charge < -0.3 is 15.2 Å². The van der Waals surface area contributed by atoms with Crippen LogP contribution < -0.4 is 16.2 Å². The smallest absolute Gasteiger partial charge is 0.227 e. The molecule has 0 amide bonds. The van der Waals surface area contributed by atoms with Gasteiger partial charge in [0, 0.05) is 31.7 Å². The third-order valence-corrected chi connectivity index (χ3v) is 3.49. The van der Waals surface area contributed by atoms with Crippen molar-refractivity contribution in [3.63, 3.8) is 0 Å².